The predicted octanol–water partition coefficient (Wildman–Crippen LogP) is 1.93. The van der Waals surface area contributed by atoms with E-state index < -0.39 is 5.97 Å². The van der Waals surface area contributed by atoms with Crippen molar-refractivity contribution >= 4 is 27.7 Å². The molecule has 0 saturated heterocycles. The lowest BCUT2D eigenvalue weighted by Crippen LogP contribution is -2.10. The summed E-state index contributed by atoms with van der Waals surface area (Å²) in [6.45, 7) is 3.67. The van der Waals surface area contributed by atoms with Gasteiger partial charge in [-0.1, -0.05) is 0 Å². The number of aryl methyl sites for hydroxylation is 1. The molecule has 0 atom stereocenters. The van der Waals surface area contributed by atoms with Crippen LogP contribution >= 0.6 is 15.9 Å². The number of hydrogen-bond acceptors (Lipinski definition) is 4. The molecule has 94 valence electrons. The third kappa shape index (κ3) is 1.97. The van der Waals surface area contributed by atoms with Crippen molar-refractivity contribution in [2.24, 2.45) is 0 Å². The largest absolute Gasteiger partial charge is 0.478 e. The number of nitrogen functional groups attached to an aromatic ring is 1. The van der Waals surface area contributed by atoms with Gasteiger partial charge in [0.1, 0.15) is 5.82 Å². The highest BCUT2D eigenvalue weighted by molar-refractivity contribution is 9.10. The first kappa shape index (κ1) is 12.6. The summed E-state index contributed by atoms with van der Waals surface area (Å²) in [4.78, 5) is 15.1. The molecule has 0 aliphatic rings. The summed E-state index contributed by atoms with van der Waals surface area (Å²) in [7, 11) is 0. The maximum absolute atomic E-state index is 11.2. The molecule has 0 bridgehead atoms. The summed E-state index contributed by atoms with van der Waals surface area (Å²) in [6, 6.07) is 1.32. The standard InChI is InChI=1S/C11H11BrN4O2/c1-5-10(12)6(2)16(15-5)8-4-14-9(13)3-7(8)11(17)18/h3-4H,1-2H3,(H2,13,14)(H,17,18). The van der Waals surface area contributed by atoms with Crippen molar-refractivity contribution in [2.75, 3.05) is 5.73 Å². The summed E-state index contributed by atoms with van der Waals surface area (Å²) >= 11 is 3.40. The molecular formula is C11H11BrN4O2. The van der Waals surface area contributed by atoms with E-state index in [-0.39, 0.29) is 11.4 Å². The third-order valence-electron chi connectivity index (χ3n) is 2.57. The highest BCUT2D eigenvalue weighted by atomic mass is 79.9. The summed E-state index contributed by atoms with van der Waals surface area (Å²) in [5, 5.41) is 13.5. The first-order valence-corrected chi connectivity index (χ1v) is 5.92. The molecule has 0 unspecified atom stereocenters. The van der Waals surface area contributed by atoms with Crippen LogP contribution in [0.25, 0.3) is 5.69 Å². The average Bonchev–Trinajstić information content (AvgIpc) is 2.57. The highest BCUT2D eigenvalue weighted by Gasteiger charge is 2.17. The van der Waals surface area contributed by atoms with Gasteiger partial charge in [0.05, 0.1) is 33.3 Å². The highest BCUT2D eigenvalue weighted by Crippen LogP contribution is 2.24. The van der Waals surface area contributed by atoms with Gasteiger partial charge >= 0.3 is 5.97 Å². The second-order valence-corrected chi connectivity index (χ2v) is 4.62. The maximum atomic E-state index is 11.2. The molecule has 2 aromatic heterocycles. The minimum absolute atomic E-state index is 0.0700. The first-order valence-electron chi connectivity index (χ1n) is 5.12. The number of anilines is 1. The zero-order valence-corrected chi connectivity index (χ0v) is 11.4. The third-order valence-corrected chi connectivity index (χ3v) is 3.71. The van der Waals surface area contributed by atoms with E-state index in [0.717, 1.165) is 15.9 Å². The summed E-state index contributed by atoms with van der Waals surface area (Å²) in [5.41, 5.74) is 7.55. The molecule has 0 aromatic carbocycles. The van der Waals surface area contributed by atoms with Gasteiger partial charge in [-0.25, -0.2) is 14.5 Å². The van der Waals surface area contributed by atoms with Crippen LogP contribution in [0.2, 0.25) is 0 Å². The van der Waals surface area contributed by atoms with Crippen LogP contribution in [0.1, 0.15) is 21.7 Å². The Bertz CT molecular complexity index is 636. The van der Waals surface area contributed by atoms with Gasteiger partial charge < -0.3 is 10.8 Å². The van der Waals surface area contributed by atoms with Crippen molar-refractivity contribution in [1.29, 1.82) is 0 Å². The van der Waals surface area contributed by atoms with Crippen LogP contribution in [0.5, 0.6) is 0 Å². The van der Waals surface area contributed by atoms with Crippen LogP contribution in [-0.2, 0) is 0 Å². The van der Waals surface area contributed by atoms with Crippen LogP contribution in [-0.4, -0.2) is 25.8 Å². The Morgan fingerprint density at radius 1 is 1.50 bits per heavy atom. The molecule has 3 N–H and O–H groups in total. The lowest BCUT2D eigenvalue weighted by atomic mass is 10.2. The number of rotatable bonds is 2. The molecule has 2 aromatic rings. The zero-order chi connectivity index (χ0) is 13.4. The monoisotopic (exact) mass is 310 g/mol. The van der Waals surface area contributed by atoms with Gasteiger partial charge in [-0.3, -0.25) is 0 Å². The van der Waals surface area contributed by atoms with Crippen LogP contribution in [0, 0.1) is 13.8 Å². The quantitative estimate of drug-likeness (QED) is 0.884. The average molecular weight is 311 g/mol. The fourth-order valence-corrected chi connectivity index (χ4v) is 1.91. The second kappa shape index (κ2) is 4.41. The fraction of sp³-hybridized carbons (Fsp3) is 0.182. The van der Waals surface area contributed by atoms with Crippen molar-refractivity contribution < 1.29 is 9.90 Å². The Kier molecular flexibility index (Phi) is 3.08. The normalized spacial score (nSPS) is 10.6. The van der Waals surface area contributed by atoms with E-state index in [0.29, 0.717) is 5.69 Å². The Morgan fingerprint density at radius 2 is 2.17 bits per heavy atom. The molecule has 2 rings (SSSR count). The summed E-state index contributed by atoms with van der Waals surface area (Å²) in [5.74, 6) is -0.903. The van der Waals surface area contributed by atoms with Crippen molar-refractivity contribution in [3.63, 3.8) is 0 Å². The van der Waals surface area contributed by atoms with E-state index >= 15 is 0 Å². The number of nitrogens with two attached hydrogens (primary N) is 1. The van der Waals surface area contributed by atoms with E-state index in [9.17, 15) is 9.90 Å². The van der Waals surface area contributed by atoms with E-state index in [4.69, 9.17) is 5.73 Å². The number of carboxylic acid groups (broad SMARTS) is 1. The molecule has 0 aliphatic heterocycles. The lowest BCUT2D eigenvalue weighted by molar-refractivity contribution is 0.0696. The number of carbonyl (C=O) groups is 1. The van der Waals surface area contributed by atoms with Crippen LogP contribution in [0.4, 0.5) is 5.82 Å². The molecule has 0 saturated carbocycles. The first-order chi connectivity index (χ1) is 8.41. The molecule has 0 radical (unpaired) electrons. The van der Waals surface area contributed by atoms with E-state index in [1.807, 2.05) is 13.8 Å². The molecular weight excluding hydrogens is 300 g/mol. The number of pyridine rings is 1. The van der Waals surface area contributed by atoms with Crippen LogP contribution in [0.3, 0.4) is 0 Å². The summed E-state index contributed by atoms with van der Waals surface area (Å²) < 4.78 is 2.38. The Hall–Kier alpha value is -1.89. The number of aromatic nitrogens is 3. The molecule has 6 nitrogen and oxygen atoms in total. The maximum Gasteiger partial charge on any atom is 0.338 e. The van der Waals surface area contributed by atoms with Gasteiger partial charge in [-0.15, -0.1) is 0 Å². The van der Waals surface area contributed by atoms with E-state index in [1.165, 1.54) is 16.9 Å². The topological polar surface area (TPSA) is 94.0 Å². The fourth-order valence-electron chi connectivity index (χ4n) is 1.66. The van der Waals surface area contributed by atoms with Crippen LogP contribution in [0.15, 0.2) is 16.7 Å². The van der Waals surface area contributed by atoms with Gasteiger partial charge in [0.15, 0.2) is 0 Å². The molecule has 0 spiro atoms. The molecule has 7 heteroatoms. The van der Waals surface area contributed by atoms with Gasteiger partial charge in [0, 0.05) is 0 Å². The Labute approximate surface area is 112 Å². The number of carboxylic acids is 1. The van der Waals surface area contributed by atoms with Gasteiger partial charge in [-0.05, 0) is 35.8 Å². The molecule has 0 fully saturated rings. The molecule has 2 heterocycles. The van der Waals surface area contributed by atoms with Crippen LogP contribution < -0.4 is 5.73 Å². The van der Waals surface area contributed by atoms with Crippen molar-refractivity contribution in [3.05, 3.63) is 33.7 Å². The molecule has 0 amide bonds. The van der Waals surface area contributed by atoms with E-state index in [2.05, 4.69) is 26.0 Å². The molecule has 18 heavy (non-hydrogen) atoms. The van der Waals surface area contributed by atoms with E-state index in [1.54, 1.807) is 0 Å². The SMILES string of the molecule is Cc1nn(-c2cnc(N)cc2C(=O)O)c(C)c1Br. The van der Waals surface area contributed by atoms with Gasteiger partial charge in [0.2, 0.25) is 0 Å². The smallest absolute Gasteiger partial charge is 0.338 e. The predicted molar refractivity (Wildman–Crippen MR) is 69.9 cm³/mol. The number of hydrogen-bond donors (Lipinski definition) is 2. The van der Waals surface area contributed by atoms with Gasteiger partial charge in [0.25, 0.3) is 0 Å². The van der Waals surface area contributed by atoms with Gasteiger partial charge in [-0.2, -0.15) is 5.10 Å². The zero-order valence-electron chi connectivity index (χ0n) is 9.81. The lowest BCUT2D eigenvalue weighted by Gasteiger charge is -2.08. The van der Waals surface area contributed by atoms with Crippen molar-refractivity contribution in [3.8, 4) is 5.69 Å². The van der Waals surface area contributed by atoms with Crippen molar-refractivity contribution in [1.82, 2.24) is 14.8 Å². The molecule has 0 aliphatic carbocycles. The van der Waals surface area contributed by atoms with Crippen molar-refractivity contribution in [2.45, 2.75) is 13.8 Å². The summed E-state index contributed by atoms with van der Waals surface area (Å²) in [6.07, 6.45) is 1.41. The Morgan fingerprint density at radius 3 is 2.67 bits per heavy atom. The second-order valence-electron chi connectivity index (χ2n) is 3.83. The Balaban J connectivity index is 2.71. The number of nitrogens with zero attached hydrogens (tertiary/aromatic N) is 3. The minimum atomic E-state index is -1.07. The number of halogens is 1. The number of aromatic carboxylic acids is 1. The minimum Gasteiger partial charge on any atom is -0.478 e.